The van der Waals surface area contributed by atoms with Crippen LogP contribution in [0.4, 0.5) is 5.69 Å². The molecule has 2 heterocycles. The van der Waals surface area contributed by atoms with E-state index in [1.165, 1.54) is 44.5 Å². The van der Waals surface area contributed by atoms with Crippen LogP contribution < -0.4 is 24.5 Å². The van der Waals surface area contributed by atoms with Gasteiger partial charge in [0, 0.05) is 20.6 Å². The average Bonchev–Trinajstić information content (AvgIpc) is 3.43. The van der Waals surface area contributed by atoms with Crippen LogP contribution in [0.5, 0.6) is 17.2 Å². The van der Waals surface area contributed by atoms with E-state index in [0.29, 0.717) is 37.9 Å². The maximum absolute atomic E-state index is 14.0. The second-order valence-electron chi connectivity index (χ2n) is 8.79. The number of carbonyl (C=O) groups excluding carboxylic acids is 3. The molecule has 5 rings (SSSR count). The van der Waals surface area contributed by atoms with Crippen molar-refractivity contribution >= 4 is 62.5 Å². The molecule has 0 unspecified atom stereocenters. The normalized spacial score (nSPS) is 20.3. The summed E-state index contributed by atoms with van der Waals surface area (Å²) in [7, 11) is 4.41. The zero-order valence-corrected chi connectivity index (χ0v) is 24.0. The molecule has 0 aromatic heterocycles. The van der Waals surface area contributed by atoms with Crippen LogP contribution in [0.15, 0.2) is 59.1 Å². The summed E-state index contributed by atoms with van der Waals surface area (Å²) in [6, 6.07) is 12.6. The Labute approximate surface area is 242 Å². The maximum Gasteiger partial charge on any atom is 0.268 e. The third kappa shape index (κ3) is 4.51. The van der Waals surface area contributed by atoms with Gasteiger partial charge in [-0.25, -0.2) is 10.3 Å². The Morgan fingerprint density at radius 2 is 1.67 bits per heavy atom. The summed E-state index contributed by atoms with van der Waals surface area (Å²) in [4.78, 5) is 42.6. The predicted octanol–water partition coefficient (Wildman–Crippen LogP) is 5.04. The zero-order chi connectivity index (χ0) is 28.0. The molecule has 12 heteroatoms. The SMILES string of the molecule is COc1ccc([C@@H]2NN(C(=O)c3cccc(Br)c3)[C@H]3C(=O)N(c4ccc(Cl)cc4Cl)C(=O)[C@H]23)c(OC)c1OC. The van der Waals surface area contributed by atoms with Crippen molar-refractivity contribution < 1.29 is 28.6 Å². The van der Waals surface area contributed by atoms with E-state index in [1.54, 1.807) is 36.4 Å². The number of halogens is 3. The van der Waals surface area contributed by atoms with Crippen LogP contribution in [0.25, 0.3) is 0 Å². The van der Waals surface area contributed by atoms with Crippen molar-refractivity contribution in [2.75, 3.05) is 26.2 Å². The molecule has 0 spiro atoms. The molecular formula is C27H22BrCl2N3O6. The van der Waals surface area contributed by atoms with Crippen LogP contribution in [0.3, 0.4) is 0 Å². The highest BCUT2D eigenvalue weighted by molar-refractivity contribution is 9.10. The molecule has 0 saturated carbocycles. The van der Waals surface area contributed by atoms with Gasteiger partial charge in [-0.2, -0.15) is 0 Å². The van der Waals surface area contributed by atoms with Gasteiger partial charge in [0.15, 0.2) is 11.5 Å². The van der Waals surface area contributed by atoms with Crippen molar-refractivity contribution in [3.05, 3.63) is 80.2 Å². The van der Waals surface area contributed by atoms with Gasteiger partial charge in [-0.3, -0.25) is 19.4 Å². The molecule has 1 N–H and O–H groups in total. The number of carbonyl (C=O) groups is 3. The fourth-order valence-electron chi connectivity index (χ4n) is 5.06. The maximum atomic E-state index is 14.0. The number of nitrogens with zero attached hydrogens (tertiary/aromatic N) is 2. The number of methoxy groups -OCH3 is 3. The summed E-state index contributed by atoms with van der Waals surface area (Å²) in [5, 5.41) is 1.68. The molecule has 3 aromatic carbocycles. The van der Waals surface area contributed by atoms with Crippen molar-refractivity contribution in [3.63, 3.8) is 0 Å². The Balaban J connectivity index is 1.66. The number of amides is 3. The molecular weight excluding hydrogens is 613 g/mol. The van der Waals surface area contributed by atoms with E-state index in [4.69, 9.17) is 37.4 Å². The van der Waals surface area contributed by atoms with Crippen molar-refractivity contribution in [1.29, 1.82) is 0 Å². The largest absolute Gasteiger partial charge is 0.493 e. The molecule has 0 bridgehead atoms. The lowest BCUT2D eigenvalue weighted by Crippen LogP contribution is -2.48. The van der Waals surface area contributed by atoms with Crippen LogP contribution in [0.1, 0.15) is 22.0 Å². The van der Waals surface area contributed by atoms with Crippen molar-refractivity contribution in [2.45, 2.75) is 12.1 Å². The molecule has 0 radical (unpaired) electrons. The van der Waals surface area contributed by atoms with Gasteiger partial charge in [0.2, 0.25) is 11.7 Å². The molecule has 2 fully saturated rings. The smallest absolute Gasteiger partial charge is 0.268 e. The van der Waals surface area contributed by atoms with Crippen LogP contribution in [0.2, 0.25) is 10.0 Å². The first-order valence-corrected chi connectivity index (χ1v) is 13.2. The first-order valence-electron chi connectivity index (χ1n) is 11.7. The topological polar surface area (TPSA) is 97.4 Å². The van der Waals surface area contributed by atoms with E-state index in [2.05, 4.69) is 21.4 Å². The molecule has 9 nitrogen and oxygen atoms in total. The summed E-state index contributed by atoms with van der Waals surface area (Å²) in [6.45, 7) is 0. The van der Waals surface area contributed by atoms with Gasteiger partial charge in [0.1, 0.15) is 6.04 Å². The monoisotopic (exact) mass is 633 g/mol. The molecule has 3 atom stereocenters. The van der Waals surface area contributed by atoms with E-state index >= 15 is 0 Å². The van der Waals surface area contributed by atoms with E-state index < -0.39 is 35.7 Å². The average molecular weight is 635 g/mol. The second-order valence-corrected chi connectivity index (χ2v) is 10.6. The lowest BCUT2D eigenvalue weighted by Gasteiger charge is -2.26. The second kappa shape index (κ2) is 10.7. The summed E-state index contributed by atoms with van der Waals surface area (Å²) >= 11 is 15.8. The van der Waals surface area contributed by atoms with E-state index in [0.717, 1.165) is 4.90 Å². The first-order chi connectivity index (χ1) is 18.7. The number of benzene rings is 3. The predicted molar refractivity (Wildman–Crippen MR) is 149 cm³/mol. The third-order valence-corrected chi connectivity index (χ3v) is 7.78. The minimum absolute atomic E-state index is 0.127. The van der Waals surface area contributed by atoms with Crippen molar-refractivity contribution in [1.82, 2.24) is 10.4 Å². The van der Waals surface area contributed by atoms with E-state index in [9.17, 15) is 14.4 Å². The summed E-state index contributed by atoms with van der Waals surface area (Å²) in [5.41, 5.74) is 4.11. The fourth-order valence-corrected chi connectivity index (χ4v) is 5.96. The Hall–Kier alpha value is -3.31. The lowest BCUT2D eigenvalue weighted by atomic mass is 9.90. The number of hydrogen-bond donors (Lipinski definition) is 1. The number of hydrazine groups is 1. The molecule has 202 valence electrons. The molecule has 3 amide bonds. The van der Waals surface area contributed by atoms with Gasteiger partial charge in [0.05, 0.1) is 44.0 Å². The number of ether oxygens (including phenoxy) is 3. The van der Waals surface area contributed by atoms with E-state index in [-0.39, 0.29) is 10.7 Å². The number of rotatable bonds is 6. The molecule has 39 heavy (non-hydrogen) atoms. The first kappa shape index (κ1) is 27.3. The number of anilines is 1. The highest BCUT2D eigenvalue weighted by atomic mass is 79.9. The Kier molecular flexibility index (Phi) is 7.47. The molecule has 2 saturated heterocycles. The Bertz CT molecular complexity index is 1500. The van der Waals surface area contributed by atoms with Crippen molar-refractivity contribution in [2.24, 2.45) is 5.92 Å². The van der Waals surface area contributed by atoms with Crippen LogP contribution in [-0.2, 0) is 9.59 Å². The number of fused-ring (bicyclic) bond motifs is 1. The fraction of sp³-hybridized carbons (Fsp3) is 0.222. The van der Waals surface area contributed by atoms with Gasteiger partial charge in [-0.05, 0) is 48.5 Å². The Morgan fingerprint density at radius 3 is 2.31 bits per heavy atom. The molecule has 2 aliphatic heterocycles. The quantitative estimate of drug-likeness (QED) is 0.380. The van der Waals surface area contributed by atoms with Gasteiger partial charge in [0.25, 0.3) is 11.8 Å². The standard InChI is InChI=1S/C27H22BrCl2N3O6/c1-37-19-10-8-16(23(38-2)24(19)39-3)21-20-22(33(31-21)25(34)13-5-4-6-14(28)11-13)27(36)32(26(20)35)18-9-7-15(29)12-17(18)30/h4-12,20-22,31H,1-3H3/t20-,21+,22-/m1/s1. The minimum Gasteiger partial charge on any atom is -0.493 e. The summed E-state index contributed by atoms with van der Waals surface area (Å²) in [6.07, 6.45) is 0. The third-order valence-electron chi connectivity index (χ3n) is 6.75. The van der Waals surface area contributed by atoms with Gasteiger partial charge < -0.3 is 14.2 Å². The molecule has 0 aliphatic carbocycles. The van der Waals surface area contributed by atoms with Crippen LogP contribution in [-0.4, -0.2) is 50.1 Å². The van der Waals surface area contributed by atoms with Crippen LogP contribution in [0, 0.1) is 5.92 Å². The minimum atomic E-state index is -1.17. The number of hydrogen-bond acceptors (Lipinski definition) is 7. The molecule has 3 aromatic rings. The highest BCUT2D eigenvalue weighted by Crippen LogP contribution is 2.49. The van der Waals surface area contributed by atoms with Gasteiger partial charge >= 0.3 is 0 Å². The van der Waals surface area contributed by atoms with E-state index in [1.807, 2.05) is 0 Å². The van der Waals surface area contributed by atoms with Crippen molar-refractivity contribution in [3.8, 4) is 17.2 Å². The summed E-state index contributed by atoms with van der Waals surface area (Å²) in [5.74, 6) is -1.61. The van der Waals surface area contributed by atoms with Gasteiger partial charge in [-0.15, -0.1) is 0 Å². The molecule has 2 aliphatic rings. The lowest BCUT2D eigenvalue weighted by molar-refractivity contribution is -0.123. The Morgan fingerprint density at radius 1 is 0.923 bits per heavy atom. The zero-order valence-electron chi connectivity index (χ0n) is 20.9. The highest BCUT2D eigenvalue weighted by Gasteiger charge is 2.61. The van der Waals surface area contributed by atoms with Gasteiger partial charge in [-0.1, -0.05) is 45.2 Å². The number of nitrogens with one attached hydrogen (secondary N) is 1. The summed E-state index contributed by atoms with van der Waals surface area (Å²) < 4.78 is 17.3. The van der Waals surface area contributed by atoms with Crippen LogP contribution >= 0.6 is 39.1 Å². The number of imide groups is 1.